The van der Waals surface area contributed by atoms with Gasteiger partial charge in [0.15, 0.2) is 0 Å². The van der Waals surface area contributed by atoms with E-state index in [1.165, 1.54) is 0 Å². The fourth-order valence-corrected chi connectivity index (χ4v) is 2.44. The van der Waals surface area contributed by atoms with Crippen molar-refractivity contribution in [2.45, 2.75) is 12.5 Å². The van der Waals surface area contributed by atoms with Gasteiger partial charge in [-0.2, -0.15) is 0 Å². The van der Waals surface area contributed by atoms with E-state index in [9.17, 15) is 5.11 Å². The molecular formula is C14H13Cl2NO. The van der Waals surface area contributed by atoms with E-state index in [0.717, 1.165) is 0 Å². The number of rotatable bonds is 2. The summed E-state index contributed by atoms with van der Waals surface area (Å²) in [6.45, 7) is 1.65. The third-order valence-corrected chi connectivity index (χ3v) is 3.50. The summed E-state index contributed by atoms with van der Waals surface area (Å²) in [5.41, 5.74) is 6.24. The van der Waals surface area contributed by atoms with E-state index in [0.29, 0.717) is 26.9 Å². The fourth-order valence-electron chi connectivity index (χ4n) is 1.95. The second-order valence-corrected chi connectivity index (χ2v) is 5.13. The van der Waals surface area contributed by atoms with Crippen LogP contribution in [-0.4, -0.2) is 5.11 Å². The maximum atomic E-state index is 10.7. The molecule has 0 saturated carbocycles. The average Bonchev–Trinajstić information content (AvgIpc) is 2.32. The Bertz CT molecular complexity index is 582. The van der Waals surface area contributed by atoms with Gasteiger partial charge in [-0.3, -0.25) is 0 Å². The second-order valence-electron chi connectivity index (χ2n) is 4.28. The number of nitrogens with two attached hydrogens (primary N) is 1. The van der Waals surface area contributed by atoms with E-state index in [1.54, 1.807) is 37.3 Å². The number of hydrogen-bond acceptors (Lipinski definition) is 2. The van der Waals surface area contributed by atoms with Gasteiger partial charge < -0.3 is 10.8 Å². The van der Waals surface area contributed by atoms with Crippen molar-refractivity contribution < 1.29 is 5.11 Å². The van der Waals surface area contributed by atoms with Gasteiger partial charge in [0.05, 0.1) is 0 Å². The first-order valence-corrected chi connectivity index (χ1v) is 6.21. The average molecular weight is 282 g/mol. The van der Waals surface area contributed by atoms with E-state index in [2.05, 4.69) is 0 Å². The van der Waals surface area contributed by atoms with E-state index in [4.69, 9.17) is 28.9 Å². The minimum absolute atomic E-state index is 0.476. The van der Waals surface area contributed by atoms with Gasteiger partial charge in [0.25, 0.3) is 0 Å². The molecule has 0 aliphatic carbocycles. The SMILES string of the molecule is C[C@@](O)(c1cc(Cl)ccc1N)c1ccccc1Cl. The van der Waals surface area contributed by atoms with Crippen LogP contribution in [0.4, 0.5) is 5.69 Å². The summed E-state index contributed by atoms with van der Waals surface area (Å²) >= 11 is 12.1. The highest BCUT2D eigenvalue weighted by atomic mass is 35.5. The molecule has 0 unspecified atom stereocenters. The Morgan fingerprint density at radius 2 is 1.72 bits per heavy atom. The molecule has 2 aromatic carbocycles. The van der Waals surface area contributed by atoms with Crippen LogP contribution in [0.25, 0.3) is 0 Å². The lowest BCUT2D eigenvalue weighted by Crippen LogP contribution is -2.24. The molecule has 0 aromatic heterocycles. The van der Waals surface area contributed by atoms with Crippen molar-refractivity contribution in [3.63, 3.8) is 0 Å². The largest absolute Gasteiger partial charge is 0.398 e. The van der Waals surface area contributed by atoms with Gasteiger partial charge in [0.2, 0.25) is 0 Å². The van der Waals surface area contributed by atoms with Gasteiger partial charge in [-0.25, -0.2) is 0 Å². The van der Waals surface area contributed by atoms with Crippen LogP contribution in [0.1, 0.15) is 18.1 Å². The quantitative estimate of drug-likeness (QED) is 0.822. The zero-order valence-corrected chi connectivity index (χ0v) is 11.3. The number of benzene rings is 2. The normalized spacial score (nSPS) is 14.2. The molecule has 3 N–H and O–H groups in total. The van der Waals surface area contributed by atoms with Crippen LogP contribution in [0.3, 0.4) is 0 Å². The Morgan fingerprint density at radius 1 is 1.06 bits per heavy atom. The molecule has 0 heterocycles. The standard InChI is InChI=1S/C14H13Cl2NO/c1-14(18,10-4-2-3-5-12(10)16)11-8-9(15)6-7-13(11)17/h2-8,18H,17H2,1H3/t14-/m0/s1. The van der Waals surface area contributed by atoms with Crippen molar-refractivity contribution in [2.24, 2.45) is 0 Å². The van der Waals surface area contributed by atoms with Crippen molar-refractivity contribution >= 4 is 28.9 Å². The van der Waals surface area contributed by atoms with Crippen molar-refractivity contribution in [3.8, 4) is 0 Å². The lowest BCUT2D eigenvalue weighted by molar-refractivity contribution is 0.103. The molecule has 1 atom stereocenters. The zero-order valence-electron chi connectivity index (χ0n) is 9.82. The van der Waals surface area contributed by atoms with Gasteiger partial charge in [-0.15, -0.1) is 0 Å². The van der Waals surface area contributed by atoms with E-state index in [1.807, 2.05) is 12.1 Å². The van der Waals surface area contributed by atoms with E-state index in [-0.39, 0.29) is 0 Å². The minimum Gasteiger partial charge on any atom is -0.398 e. The van der Waals surface area contributed by atoms with Gasteiger partial charge in [-0.1, -0.05) is 41.4 Å². The minimum atomic E-state index is -1.28. The fraction of sp³-hybridized carbons (Fsp3) is 0.143. The first kappa shape index (κ1) is 13.2. The van der Waals surface area contributed by atoms with E-state index < -0.39 is 5.60 Å². The van der Waals surface area contributed by atoms with Crippen LogP contribution in [0, 0.1) is 0 Å². The van der Waals surface area contributed by atoms with Gasteiger partial charge in [0.1, 0.15) is 5.60 Å². The highest BCUT2D eigenvalue weighted by Crippen LogP contribution is 2.37. The zero-order chi connectivity index (χ0) is 13.3. The molecule has 4 heteroatoms. The third kappa shape index (κ3) is 2.32. The molecule has 0 saturated heterocycles. The smallest absolute Gasteiger partial charge is 0.115 e. The first-order valence-electron chi connectivity index (χ1n) is 5.46. The lowest BCUT2D eigenvalue weighted by atomic mass is 9.87. The third-order valence-electron chi connectivity index (χ3n) is 2.94. The molecule has 2 aromatic rings. The van der Waals surface area contributed by atoms with Crippen LogP contribution in [0.15, 0.2) is 42.5 Å². The Balaban J connectivity index is 2.61. The second kappa shape index (κ2) is 4.81. The van der Waals surface area contributed by atoms with Crippen LogP contribution in [-0.2, 0) is 5.60 Å². The van der Waals surface area contributed by atoms with Crippen LogP contribution in [0.2, 0.25) is 10.0 Å². The number of aliphatic hydroxyl groups is 1. The summed E-state index contributed by atoms with van der Waals surface area (Å²) < 4.78 is 0. The summed E-state index contributed by atoms with van der Waals surface area (Å²) in [4.78, 5) is 0. The molecule has 2 rings (SSSR count). The molecule has 0 aliphatic heterocycles. The highest BCUT2D eigenvalue weighted by molar-refractivity contribution is 6.31. The lowest BCUT2D eigenvalue weighted by Gasteiger charge is -2.27. The van der Waals surface area contributed by atoms with Crippen molar-refractivity contribution in [1.82, 2.24) is 0 Å². The Labute approximate surface area is 116 Å². The summed E-state index contributed by atoms with van der Waals surface area (Å²) in [6, 6.07) is 12.1. The highest BCUT2D eigenvalue weighted by Gasteiger charge is 2.29. The number of nitrogen functional groups attached to an aromatic ring is 1. The number of hydrogen-bond donors (Lipinski definition) is 2. The Morgan fingerprint density at radius 3 is 2.39 bits per heavy atom. The maximum Gasteiger partial charge on any atom is 0.115 e. The van der Waals surface area contributed by atoms with Crippen LogP contribution in [0.5, 0.6) is 0 Å². The van der Waals surface area contributed by atoms with Crippen molar-refractivity contribution in [3.05, 3.63) is 63.6 Å². The molecule has 18 heavy (non-hydrogen) atoms. The monoisotopic (exact) mass is 281 g/mol. The first-order chi connectivity index (χ1) is 8.43. The Kier molecular flexibility index (Phi) is 3.53. The predicted molar refractivity (Wildman–Crippen MR) is 76.0 cm³/mol. The summed E-state index contributed by atoms with van der Waals surface area (Å²) in [7, 11) is 0. The maximum absolute atomic E-state index is 10.7. The molecule has 0 bridgehead atoms. The van der Waals surface area contributed by atoms with Gasteiger partial charge in [0, 0.05) is 26.9 Å². The number of halogens is 2. The van der Waals surface area contributed by atoms with Crippen molar-refractivity contribution in [2.75, 3.05) is 5.73 Å². The van der Waals surface area contributed by atoms with Gasteiger partial charge in [-0.05, 0) is 31.2 Å². The molecule has 0 amide bonds. The molecule has 0 fully saturated rings. The summed E-state index contributed by atoms with van der Waals surface area (Å²) in [5, 5.41) is 11.7. The summed E-state index contributed by atoms with van der Waals surface area (Å²) in [6.07, 6.45) is 0. The molecule has 2 nitrogen and oxygen atoms in total. The molecule has 0 spiro atoms. The van der Waals surface area contributed by atoms with Crippen LogP contribution < -0.4 is 5.73 Å². The van der Waals surface area contributed by atoms with Crippen molar-refractivity contribution in [1.29, 1.82) is 0 Å². The Hall–Kier alpha value is -1.22. The van der Waals surface area contributed by atoms with E-state index >= 15 is 0 Å². The summed E-state index contributed by atoms with van der Waals surface area (Å²) in [5.74, 6) is 0. The van der Waals surface area contributed by atoms with Gasteiger partial charge >= 0.3 is 0 Å². The topological polar surface area (TPSA) is 46.2 Å². The molecule has 0 aliphatic rings. The number of anilines is 1. The molecule has 94 valence electrons. The molecule has 0 radical (unpaired) electrons. The molecular weight excluding hydrogens is 269 g/mol. The predicted octanol–water partition coefficient (Wildman–Crippen LogP) is 3.83. The van der Waals surface area contributed by atoms with Crippen LogP contribution >= 0.6 is 23.2 Å².